The summed E-state index contributed by atoms with van der Waals surface area (Å²) in [6, 6.07) is 0. The highest BCUT2D eigenvalue weighted by Gasteiger charge is 2.29. The van der Waals surface area contributed by atoms with Crippen molar-refractivity contribution >= 4 is 11.9 Å². The Kier molecular flexibility index (Phi) is 6.49. The van der Waals surface area contributed by atoms with Gasteiger partial charge >= 0.3 is 5.97 Å². The second kappa shape index (κ2) is 8.37. The van der Waals surface area contributed by atoms with Gasteiger partial charge in [0, 0.05) is 26.1 Å². The van der Waals surface area contributed by atoms with E-state index in [2.05, 4.69) is 0 Å². The molecule has 0 bridgehead atoms. The number of carbonyl (C=O) groups is 2. The number of hydrogen-bond donors (Lipinski definition) is 0. The normalized spacial score (nSPS) is 26.4. The lowest BCUT2D eigenvalue weighted by Gasteiger charge is -2.32. The topological polar surface area (TPSA) is 55.8 Å². The second-order valence-electron chi connectivity index (χ2n) is 5.96. The third-order valence-corrected chi connectivity index (χ3v) is 4.35. The lowest BCUT2D eigenvalue weighted by Crippen LogP contribution is -2.43. The van der Waals surface area contributed by atoms with Crippen LogP contribution in [0.25, 0.3) is 0 Å². The Bertz CT molecular complexity index is 352. The van der Waals surface area contributed by atoms with Gasteiger partial charge in [0.25, 0.3) is 0 Å². The lowest BCUT2D eigenvalue weighted by atomic mass is 9.97. The fourth-order valence-corrected chi connectivity index (χ4v) is 3.13. The average molecular weight is 297 g/mol. The first-order chi connectivity index (χ1) is 10.2. The van der Waals surface area contributed by atoms with Gasteiger partial charge in [0.05, 0.1) is 18.6 Å². The predicted molar refractivity (Wildman–Crippen MR) is 78.8 cm³/mol. The molecule has 2 fully saturated rings. The van der Waals surface area contributed by atoms with E-state index in [-0.39, 0.29) is 23.9 Å². The van der Waals surface area contributed by atoms with Crippen LogP contribution in [0.1, 0.15) is 51.9 Å². The van der Waals surface area contributed by atoms with Crippen molar-refractivity contribution in [1.82, 2.24) is 4.90 Å². The fraction of sp³-hybridized carbons (Fsp3) is 0.875. The zero-order chi connectivity index (χ0) is 15.1. The Morgan fingerprint density at radius 2 is 2.10 bits per heavy atom. The van der Waals surface area contributed by atoms with Crippen molar-refractivity contribution in [3.05, 3.63) is 0 Å². The Labute approximate surface area is 127 Å². The molecular formula is C16H27NO4. The monoisotopic (exact) mass is 297 g/mol. The smallest absolute Gasteiger partial charge is 0.310 e. The Morgan fingerprint density at radius 3 is 2.81 bits per heavy atom. The van der Waals surface area contributed by atoms with E-state index in [1.54, 1.807) is 0 Å². The molecule has 0 N–H and O–H groups in total. The standard InChI is InChI=1S/C16H27NO4/c1-2-20-16(19)13-6-5-10-17(12-13)15(18)9-8-14-7-3-4-11-21-14/h13-14H,2-12H2,1H3/t13-,14?/m1/s1. The molecule has 0 radical (unpaired) electrons. The molecule has 1 amide bonds. The van der Waals surface area contributed by atoms with E-state index in [1.165, 1.54) is 6.42 Å². The van der Waals surface area contributed by atoms with Crippen LogP contribution in [0.3, 0.4) is 0 Å². The van der Waals surface area contributed by atoms with Crippen LogP contribution in [0.5, 0.6) is 0 Å². The lowest BCUT2D eigenvalue weighted by molar-refractivity contribution is -0.151. The molecule has 5 nitrogen and oxygen atoms in total. The molecule has 120 valence electrons. The highest BCUT2D eigenvalue weighted by Crippen LogP contribution is 2.21. The van der Waals surface area contributed by atoms with Crippen molar-refractivity contribution in [3.8, 4) is 0 Å². The number of amides is 1. The zero-order valence-corrected chi connectivity index (χ0v) is 13.0. The van der Waals surface area contributed by atoms with Gasteiger partial charge < -0.3 is 14.4 Å². The molecule has 5 heteroatoms. The third-order valence-electron chi connectivity index (χ3n) is 4.35. The average Bonchev–Trinajstić information content (AvgIpc) is 2.54. The van der Waals surface area contributed by atoms with E-state index < -0.39 is 0 Å². The van der Waals surface area contributed by atoms with Gasteiger partial charge in [0.2, 0.25) is 5.91 Å². The molecule has 0 aromatic rings. The first kappa shape index (κ1) is 16.3. The highest BCUT2D eigenvalue weighted by atomic mass is 16.5. The first-order valence-electron chi connectivity index (χ1n) is 8.26. The SMILES string of the molecule is CCOC(=O)[C@@H]1CCCN(C(=O)CCC2CCCCO2)C1. The van der Waals surface area contributed by atoms with E-state index in [4.69, 9.17) is 9.47 Å². The molecule has 0 aromatic heterocycles. The van der Waals surface area contributed by atoms with Crippen molar-refractivity contribution in [1.29, 1.82) is 0 Å². The number of likely N-dealkylation sites (tertiary alicyclic amines) is 1. The number of carbonyl (C=O) groups excluding carboxylic acids is 2. The molecule has 21 heavy (non-hydrogen) atoms. The zero-order valence-electron chi connectivity index (χ0n) is 13.0. The largest absolute Gasteiger partial charge is 0.466 e. The molecule has 0 aromatic carbocycles. The van der Waals surface area contributed by atoms with Crippen molar-refractivity contribution < 1.29 is 19.1 Å². The number of hydrogen-bond acceptors (Lipinski definition) is 4. The summed E-state index contributed by atoms with van der Waals surface area (Å²) in [7, 11) is 0. The van der Waals surface area contributed by atoms with E-state index in [0.29, 0.717) is 19.6 Å². The molecule has 0 saturated carbocycles. The molecule has 0 spiro atoms. The van der Waals surface area contributed by atoms with E-state index >= 15 is 0 Å². The summed E-state index contributed by atoms with van der Waals surface area (Å²) in [5.41, 5.74) is 0. The maximum absolute atomic E-state index is 12.3. The summed E-state index contributed by atoms with van der Waals surface area (Å²) >= 11 is 0. The predicted octanol–water partition coefficient (Wildman–Crippen LogP) is 2.14. The molecule has 2 aliphatic heterocycles. The maximum Gasteiger partial charge on any atom is 0.310 e. The molecular weight excluding hydrogens is 270 g/mol. The molecule has 2 saturated heterocycles. The summed E-state index contributed by atoms with van der Waals surface area (Å²) in [6.07, 6.45) is 6.70. The summed E-state index contributed by atoms with van der Waals surface area (Å²) in [6.45, 7) is 4.33. The van der Waals surface area contributed by atoms with Gasteiger partial charge in [-0.1, -0.05) is 0 Å². The van der Waals surface area contributed by atoms with Crippen LogP contribution in [0.2, 0.25) is 0 Å². The van der Waals surface area contributed by atoms with Crippen molar-refractivity contribution in [2.45, 2.75) is 58.0 Å². The van der Waals surface area contributed by atoms with Gasteiger partial charge in [0.15, 0.2) is 0 Å². The molecule has 0 aliphatic carbocycles. The minimum Gasteiger partial charge on any atom is -0.466 e. The van der Waals surface area contributed by atoms with Gasteiger partial charge in [-0.05, 0) is 45.4 Å². The number of nitrogens with zero attached hydrogens (tertiary/aromatic N) is 1. The summed E-state index contributed by atoms with van der Waals surface area (Å²) in [5.74, 6) is -0.155. The number of rotatable bonds is 5. The quantitative estimate of drug-likeness (QED) is 0.730. The number of esters is 1. The summed E-state index contributed by atoms with van der Waals surface area (Å²) < 4.78 is 10.7. The minimum absolute atomic E-state index is 0.145. The Balaban J connectivity index is 1.74. The van der Waals surface area contributed by atoms with Gasteiger partial charge in [-0.2, -0.15) is 0 Å². The molecule has 2 atom stereocenters. The number of ether oxygens (including phenoxy) is 2. The molecule has 2 rings (SSSR count). The van der Waals surface area contributed by atoms with Crippen LogP contribution in [0, 0.1) is 5.92 Å². The molecule has 2 aliphatic rings. The summed E-state index contributed by atoms with van der Waals surface area (Å²) in [4.78, 5) is 25.9. The second-order valence-corrected chi connectivity index (χ2v) is 5.96. The van der Waals surface area contributed by atoms with Crippen LogP contribution in [0.15, 0.2) is 0 Å². The van der Waals surface area contributed by atoms with Gasteiger partial charge in [-0.3, -0.25) is 9.59 Å². The van der Waals surface area contributed by atoms with Crippen molar-refractivity contribution in [3.63, 3.8) is 0 Å². The van der Waals surface area contributed by atoms with Crippen LogP contribution in [-0.2, 0) is 19.1 Å². The fourth-order valence-electron chi connectivity index (χ4n) is 3.13. The van der Waals surface area contributed by atoms with Crippen molar-refractivity contribution in [2.24, 2.45) is 5.92 Å². The minimum atomic E-state index is -0.161. The Hall–Kier alpha value is -1.10. The van der Waals surface area contributed by atoms with Crippen LogP contribution >= 0.6 is 0 Å². The summed E-state index contributed by atoms with van der Waals surface area (Å²) in [5, 5.41) is 0. The van der Waals surface area contributed by atoms with E-state index in [1.807, 2.05) is 11.8 Å². The third kappa shape index (κ3) is 4.99. The first-order valence-corrected chi connectivity index (χ1v) is 8.26. The van der Waals surface area contributed by atoms with Crippen LogP contribution in [0.4, 0.5) is 0 Å². The van der Waals surface area contributed by atoms with Crippen LogP contribution < -0.4 is 0 Å². The number of piperidine rings is 1. The van der Waals surface area contributed by atoms with Crippen molar-refractivity contribution in [2.75, 3.05) is 26.3 Å². The van der Waals surface area contributed by atoms with Gasteiger partial charge in [-0.25, -0.2) is 0 Å². The van der Waals surface area contributed by atoms with Crippen LogP contribution in [-0.4, -0.2) is 49.2 Å². The highest BCUT2D eigenvalue weighted by molar-refractivity contribution is 5.78. The van der Waals surface area contributed by atoms with Gasteiger partial charge in [-0.15, -0.1) is 0 Å². The van der Waals surface area contributed by atoms with E-state index in [9.17, 15) is 9.59 Å². The maximum atomic E-state index is 12.3. The van der Waals surface area contributed by atoms with E-state index in [0.717, 1.165) is 45.3 Å². The Morgan fingerprint density at radius 1 is 1.24 bits per heavy atom. The van der Waals surface area contributed by atoms with Gasteiger partial charge in [0.1, 0.15) is 0 Å². The molecule has 1 unspecified atom stereocenters. The molecule has 2 heterocycles.